The first-order chi connectivity index (χ1) is 14.8. The Bertz CT molecular complexity index is 1260. The van der Waals surface area contributed by atoms with Gasteiger partial charge in [-0.1, -0.05) is 30.3 Å². The summed E-state index contributed by atoms with van der Waals surface area (Å²) in [5, 5.41) is 22.7. The van der Waals surface area contributed by atoms with Gasteiger partial charge in [0.15, 0.2) is 11.5 Å². The SMILES string of the molecule is CC(=O)C1=C(O)C(=O)N(CCc2c(C)[nH]c3ccccc23)C1c1cccc([N+](=O)[O-])c1. The average Bonchev–Trinajstić information content (AvgIpc) is 3.19. The number of aryl methyl sites for hydroxylation is 1. The number of hydrogen-bond acceptors (Lipinski definition) is 5. The Morgan fingerprint density at radius 1 is 1.23 bits per heavy atom. The highest BCUT2D eigenvalue weighted by Gasteiger charge is 2.42. The fourth-order valence-corrected chi connectivity index (χ4v) is 4.29. The summed E-state index contributed by atoms with van der Waals surface area (Å²) in [4.78, 5) is 40.6. The monoisotopic (exact) mass is 419 g/mol. The number of nitrogens with one attached hydrogen (secondary N) is 1. The standard InChI is InChI=1S/C23H21N3O5/c1-13-17(18-8-3-4-9-19(18)24-13)10-11-25-21(20(14(2)27)22(28)23(25)29)15-6-5-7-16(12-15)26(30)31/h3-9,12,21,24,28H,10-11H2,1-2H3. The number of nitro benzene ring substituents is 1. The van der Waals surface area contributed by atoms with Gasteiger partial charge in [-0.15, -0.1) is 0 Å². The second-order valence-electron chi connectivity index (χ2n) is 7.60. The van der Waals surface area contributed by atoms with Gasteiger partial charge >= 0.3 is 0 Å². The van der Waals surface area contributed by atoms with E-state index in [0.29, 0.717) is 12.0 Å². The van der Waals surface area contributed by atoms with Crippen LogP contribution in [-0.2, 0) is 16.0 Å². The van der Waals surface area contributed by atoms with Crippen LogP contribution in [0.1, 0.15) is 29.8 Å². The molecule has 1 aromatic heterocycles. The number of aliphatic hydroxyl groups is 1. The van der Waals surface area contributed by atoms with Gasteiger partial charge in [0.1, 0.15) is 0 Å². The zero-order valence-electron chi connectivity index (χ0n) is 17.1. The first kappa shape index (κ1) is 20.3. The van der Waals surface area contributed by atoms with Crippen LogP contribution in [0.15, 0.2) is 59.9 Å². The van der Waals surface area contributed by atoms with Crippen molar-refractivity contribution in [3.05, 3.63) is 86.8 Å². The Kier molecular flexibility index (Phi) is 5.06. The van der Waals surface area contributed by atoms with Gasteiger partial charge in [0.05, 0.1) is 16.5 Å². The van der Waals surface area contributed by atoms with Crippen LogP contribution in [0.3, 0.4) is 0 Å². The van der Waals surface area contributed by atoms with Gasteiger partial charge in [0.2, 0.25) is 0 Å². The lowest BCUT2D eigenvalue weighted by Gasteiger charge is -2.26. The number of fused-ring (bicyclic) bond motifs is 1. The minimum absolute atomic E-state index is 0.0406. The van der Waals surface area contributed by atoms with Crippen molar-refractivity contribution in [3.8, 4) is 0 Å². The molecule has 0 saturated carbocycles. The van der Waals surface area contributed by atoms with Crippen molar-refractivity contribution >= 4 is 28.3 Å². The Morgan fingerprint density at radius 2 is 1.97 bits per heavy atom. The summed E-state index contributed by atoms with van der Waals surface area (Å²) in [7, 11) is 0. The lowest BCUT2D eigenvalue weighted by atomic mass is 9.96. The van der Waals surface area contributed by atoms with Gasteiger partial charge < -0.3 is 15.0 Å². The predicted octanol–water partition coefficient (Wildman–Crippen LogP) is 3.91. The highest BCUT2D eigenvalue weighted by Crippen LogP contribution is 2.39. The van der Waals surface area contributed by atoms with Crippen molar-refractivity contribution in [2.75, 3.05) is 6.54 Å². The third-order valence-electron chi connectivity index (χ3n) is 5.71. The molecule has 0 saturated heterocycles. The number of para-hydroxylation sites is 1. The highest BCUT2D eigenvalue weighted by molar-refractivity contribution is 6.08. The normalized spacial score (nSPS) is 16.4. The summed E-state index contributed by atoms with van der Waals surface area (Å²) in [6.07, 6.45) is 0.492. The molecule has 158 valence electrons. The van der Waals surface area contributed by atoms with Gasteiger partial charge in [-0.25, -0.2) is 0 Å². The largest absolute Gasteiger partial charge is 0.503 e. The molecule has 1 aliphatic heterocycles. The number of benzene rings is 2. The van der Waals surface area contributed by atoms with Crippen LogP contribution in [0.4, 0.5) is 5.69 Å². The lowest BCUT2D eigenvalue weighted by Crippen LogP contribution is -2.33. The fraction of sp³-hybridized carbons (Fsp3) is 0.217. The number of ketones is 1. The first-order valence-electron chi connectivity index (χ1n) is 9.85. The van der Waals surface area contributed by atoms with Crippen molar-refractivity contribution in [1.29, 1.82) is 0 Å². The molecule has 2 heterocycles. The van der Waals surface area contributed by atoms with Gasteiger partial charge in [0.25, 0.3) is 11.6 Å². The number of non-ortho nitro benzene ring substituents is 1. The quantitative estimate of drug-likeness (QED) is 0.464. The van der Waals surface area contributed by atoms with Crippen molar-refractivity contribution in [2.45, 2.75) is 26.3 Å². The van der Waals surface area contributed by atoms with Crippen LogP contribution >= 0.6 is 0 Å². The zero-order chi connectivity index (χ0) is 22.3. The third kappa shape index (κ3) is 3.46. The van der Waals surface area contributed by atoms with E-state index in [9.17, 15) is 24.8 Å². The topological polar surface area (TPSA) is 117 Å². The number of aliphatic hydroxyl groups excluding tert-OH is 1. The molecule has 1 amide bonds. The van der Waals surface area contributed by atoms with E-state index < -0.39 is 28.4 Å². The first-order valence-corrected chi connectivity index (χ1v) is 9.85. The molecule has 0 radical (unpaired) electrons. The van der Waals surface area contributed by atoms with Gasteiger partial charge in [-0.05, 0) is 37.5 Å². The maximum atomic E-state index is 12.9. The van der Waals surface area contributed by atoms with Crippen LogP contribution in [0, 0.1) is 17.0 Å². The molecule has 1 aliphatic rings. The molecule has 0 bridgehead atoms. The van der Waals surface area contributed by atoms with Gasteiger partial charge in [0, 0.05) is 35.3 Å². The van der Waals surface area contributed by atoms with Crippen molar-refractivity contribution in [1.82, 2.24) is 9.88 Å². The van der Waals surface area contributed by atoms with E-state index in [0.717, 1.165) is 22.2 Å². The maximum absolute atomic E-state index is 12.9. The van der Waals surface area contributed by atoms with Crippen LogP contribution < -0.4 is 0 Å². The number of H-pyrrole nitrogens is 1. The number of aromatic nitrogens is 1. The summed E-state index contributed by atoms with van der Waals surface area (Å²) >= 11 is 0. The molecular weight excluding hydrogens is 398 g/mol. The number of amides is 1. The van der Waals surface area contributed by atoms with Crippen molar-refractivity contribution < 1.29 is 19.6 Å². The van der Waals surface area contributed by atoms with Crippen molar-refractivity contribution in [2.24, 2.45) is 0 Å². The van der Waals surface area contributed by atoms with Crippen LogP contribution in [0.25, 0.3) is 10.9 Å². The predicted molar refractivity (Wildman–Crippen MR) is 115 cm³/mol. The number of carbonyl (C=O) groups excluding carboxylic acids is 2. The van der Waals surface area contributed by atoms with Crippen LogP contribution in [-0.4, -0.2) is 38.1 Å². The number of rotatable bonds is 6. The van der Waals surface area contributed by atoms with E-state index in [1.807, 2.05) is 31.2 Å². The molecule has 1 atom stereocenters. The summed E-state index contributed by atoms with van der Waals surface area (Å²) in [5.41, 5.74) is 3.23. The Balaban J connectivity index is 1.72. The number of nitrogens with zero attached hydrogens (tertiary/aromatic N) is 2. The van der Waals surface area contributed by atoms with Gasteiger partial charge in [-0.2, -0.15) is 0 Å². The second kappa shape index (κ2) is 7.71. The van der Waals surface area contributed by atoms with E-state index in [1.54, 1.807) is 6.07 Å². The lowest BCUT2D eigenvalue weighted by molar-refractivity contribution is -0.384. The van der Waals surface area contributed by atoms with E-state index in [1.165, 1.54) is 30.0 Å². The smallest absolute Gasteiger partial charge is 0.290 e. The van der Waals surface area contributed by atoms with Crippen LogP contribution in [0.2, 0.25) is 0 Å². The third-order valence-corrected chi connectivity index (χ3v) is 5.71. The number of carbonyl (C=O) groups is 2. The molecule has 4 rings (SSSR count). The van der Waals surface area contributed by atoms with E-state index in [2.05, 4.69) is 4.98 Å². The van der Waals surface area contributed by atoms with E-state index in [4.69, 9.17) is 0 Å². The molecule has 0 aliphatic carbocycles. The van der Waals surface area contributed by atoms with E-state index in [-0.39, 0.29) is 17.8 Å². The van der Waals surface area contributed by atoms with E-state index >= 15 is 0 Å². The molecule has 0 fully saturated rings. The summed E-state index contributed by atoms with van der Waals surface area (Å²) in [5.74, 6) is -1.70. The molecular formula is C23H21N3O5. The molecule has 2 N–H and O–H groups in total. The zero-order valence-corrected chi connectivity index (χ0v) is 17.1. The Morgan fingerprint density at radius 3 is 2.68 bits per heavy atom. The van der Waals surface area contributed by atoms with Crippen molar-refractivity contribution in [3.63, 3.8) is 0 Å². The molecule has 8 nitrogen and oxygen atoms in total. The Labute approximate surface area is 177 Å². The number of aromatic amines is 1. The second-order valence-corrected chi connectivity index (χ2v) is 7.60. The summed E-state index contributed by atoms with van der Waals surface area (Å²) in [6, 6.07) is 12.8. The number of Topliss-reactive ketones (excluding diaryl/α,β-unsaturated/α-hetero) is 1. The molecule has 1 unspecified atom stereocenters. The molecule has 3 aromatic rings. The molecule has 8 heteroatoms. The minimum Gasteiger partial charge on any atom is -0.503 e. The number of nitro groups is 1. The van der Waals surface area contributed by atoms with Gasteiger partial charge in [-0.3, -0.25) is 19.7 Å². The summed E-state index contributed by atoms with van der Waals surface area (Å²) < 4.78 is 0. The molecule has 2 aromatic carbocycles. The molecule has 31 heavy (non-hydrogen) atoms. The van der Waals surface area contributed by atoms with Crippen LogP contribution in [0.5, 0.6) is 0 Å². The average molecular weight is 419 g/mol. The Hall–Kier alpha value is -3.94. The summed E-state index contributed by atoms with van der Waals surface area (Å²) in [6.45, 7) is 3.46. The fourth-order valence-electron chi connectivity index (χ4n) is 4.29. The molecule has 0 spiro atoms. The number of hydrogen-bond donors (Lipinski definition) is 2. The maximum Gasteiger partial charge on any atom is 0.290 e. The highest BCUT2D eigenvalue weighted by atomic mass is 16.6. The minimum atomic E-state index is -0.879.